The fraction of sp³-hybridized carbons (Fsp3) is 0.300. The fourth-order valence-corrected chi connectivity index (χ4v) is 4.02. The number of fused-ring (bicyclic) bond motifs is 1. The number of nitrogens with zero attached hydrogens (tertiary/aromatic N) is 4. The zero-order valence-corrected chi connectivity index (χ0v) is 24.1. The third kappa shape index (κ3) is 7.33. The molecule has 2 aromatic carbocycles. The molecule has 4 rings (SSSR count). The Kier molecular flexibility index (Phi) is 9.77. The SMILES string of the molecule is C=CC(=O)Nc1cc(Nc2nccc(-n3ccc4ccc(OCCOC)cc43)n2)c(OC)cc1NCC(C)N(C)C. The van der Waals surface area contributed by atoms with E-state index in [0.717, 1.165) is 16.7 Å². The molecule has 4 aromatic rings. The Bertz CT molecular complexity index is 1500. The molecular formula is C30H37N7O4. The molecule has 0 radical (unpaired) electrons. The van der Waals surface area contributed by atoms with Crippen molar-refractivity contribution in [1.29, 1.82) is 0 Å². The molecule has 11 heteroatoms. The average Bonchev–Trinajstić information content (AvgIpc) is 3.40. The van der Waals surface area contributed by atoms with E-state index in [1.165, 1.54) is 6.08 Å². The Hall–Kier alpha value is -4.61. The molecule has 0 fully saturated rings. The number of carbonyl (C=O) groups is 1. The number of hydrogen-bond donors (Lipinski definition) is 3. The maximum Gasteiger partial charge on any atom is 0.247 e. The van der Waals surface area contributed by atoms with Gasteiger partial charge in [0.25, 0.3) is 0 Å². The van der Waals surface area contributed by atoms with Crippen LogP contribution in [0.4, 0.5) is 23.0 Å². The largest absolute Gasteiger partial charge is 0.494 e. The number of benzene rings is 2. The van der Waals surface area contributed by atoms with Gasteiger partial charge in [-0.1, -0.05) is 6.58 Å². The van der Waals surface area contributed by atoms with E-state index in [9.17, 15) is 4.79 Å². The molecule has 0 spiro atoms. The Morgan fingerprint density at radius 2 is 1.93 bits per heavy atom. The second-order valence-corrected chi connectivity index (χ2v) is 9.60. The minimum atomic E-state index is -0.326. The van der Waals surface area contributed by atoms with E-state index < -0.39 is 0 Å². The summed E-state index contributed by atoms with van der Waals surface area (Å²) in [6.45, 7) is 7.31. The molecule has 1 unspecified atom stereocenters. The van der Waals surface area contributed by atoms with Crippen LogP contribution in [0.2, 0.25) is 0 Å². The molecule has 11 nitrogen and oxygen atoms in total. The minimum Gasteiger partial charge on any atom is -0.494 e. The standard InChI is InChI=1S/C30H37N7O4/c1-7-29(38)33-24-17-25(27(40-6)18-23(24)32-19-20(2)36(3)4)34-30-31-12-10-28(35-30)37-13-11-21-8-9-22(16-26(21)37)41-15-14-39-5/h7-13,16-18,20,32H,1,14-15,19H2,2-6H3,(H,33,38)(H,31,34,35). The van der Waals surface area contributed by atoms with Crippen LogP contribution in [0.3, 0.4) is 0 Å². The molecule has 0 aliphatic heterocycles. The van der Waals surface area contributed by atoms with Gasteiger partial charge >= 0.3 is 0 Å². The summed E-state index contributed by atoms with van der Waals surface area (Å²) in [5, 5.41) is 10.6. The van der Waals surface area contributed by atoms with Crippen LogP contribution in [-0.2, 0) is 9.53 Å². The van der Waals surface area contributed by atoms with Crippen LogP contribution in [0.15, 0.2) is 67.5 Å². The van der Waals surface area contributed by atoms with Gasteiger partial charge in [0.05, 0.1) is 36.3 Å². The predicted molar refractivity (Wildman–Crippen MR) is 163 cm³/mol. The van der Waals surface area contributed by atoms with Crippen molar-refractivity contribution in [3.05, 3.63) is 67.5 Å². The monoisotopic (exact) mass is 559 g/mol. The topological polar surface area (TPSA) is 115 Å². The molecule has 1 amide bonds. The lowest BCUT2D eigenvalue weighted by Gasteiger charge is -2.23. The van der Waals surface area contributed by atoms with Gasteiger partial charge in [-0.05, 0) is 57.4 Å². The van der Waals surface area contributed by atoms with E-state index >= 15 is 0 Å². The van der Waals surface area contributed by atoms with Crippen molar-refractivity contribution < 1.29 is 19.0 Å². The van der Waals surface area contributed by atoms with Crippen molar-refractivity contribution in [2.75, 3.05) is 64.0 Å². The molecule has 2 aromatic heterocycles. The minimum absolute atomic E-state index is 0.260. The van der Waals surface area contributed by atoms with Crippen LogP contribution in [0.5, 0.6) is 11.5 Å². The molecule has 1 atom stereocenters. The average molecular weight is 560 g/mol. The van der Waals surface area contributed by atoms with E-state index in [1.807, 2.05) is 61.3 Å². The van der Waals surface area contributed by atoms with Crippen molar-refractivity contribution in [2.45, 2.75) is 13.0 Å². The Balaban J connectivity index is 1.64. The molecule has 0 aliphatic rings. The number of anilines is 4. The van der Waals surface area contributed by atoms with Gasteiger partial charge in [-0.2, -0.15) is 4.98 Å². The number of hydrogen-bond acceptors (Lipinski definition) is 9. The lowest BCUT2D eigenvalue weighted by Crippen LogP contribution is -2.31. The van der Waals surface area contributed by atoms with Gasteiger partial charge in [0.1, 0.15) is 23.9 Å². The van der Waals surface area contributed by atoms with Gasteiger partial charge in [-0.15, -0.1) is 0 Å². The summed E-state index contributed by atoms with van der Waals surface area (Å²) in [7, 11) is 7.26. The van der Waals surface area contributed by atoms with Crippen molar-refractivity contribution in [1.82, 2.24) is 19.4 Å². The number of carbonyl (C=O) groups excluding carboxylic acids is 1. The molecule has 41 heavy (non-hydrogen) atoms. The number of rotatable bonds is 14. The molecule has 0 aliphatic carbocycles. The van der Waals surface area contributed by atoms with Gasteiger partial charge in [0, 0.05) is 49.6 Å². The summed E-state index contributed by atoms with van der Waals surface area (Å²) in [5.74, 6) is 2.00. The smallest absolute Gasteiger partial charge is 0.247 e. The van der Waals surface area contributed by atoms with Gasteiger partial charge in [0.2, 0.25) is 11.9 Å². The summed E-state index contributed by atoms with van der Waals surface area (Å²) in [6.07, 6.45) is 4.86. The predicted octanol–water partition coefficient (Wildman–Crippen LogP) is 4.68. The quantitative estimate of drug-likeness (QED) is 0.150. The third-order valence-corrected chi connectivity index (χ3v) is 6.61. The second-order valence-electron chi connectivity index (χ2n) is 9.60. The first-order valence-corrected chi connectivity index (χ1v) is 13.2. The summed E-state index contributed by atoms with van der Waals surface area (Å²) in [5.41, 5.74) is 2.81. The molecular weight excluding hydrogens is 522 g/mol. The van der Waals surface area contributed by atoms with Crippen LogP contribution in [0.25, 0.3) is 16.7 Å². The summed E-state index contributed by atoms with van der Waals surface area (Å²) >= 11 is 0. The molecule has 216 valence electrons. The first-order valence-electron chi connectivity index (χ1n) is 13.2. The van der Waals surface area contributed by atoms with Crippen LogP contribution in [-0.4, -0.2) is 79.5 Å². The zero-order chi connectivity index (χ0) is 29.4. The van der Waals surface area contributed by atoms with Crippen molar-refractivity contribution in [3.63, 3.8) is 0 Å². The number of ether oxygens (including phenoxy) is 3. The number of amides is 1. The summed E-state index contributed by atoms with van der Waals surface area (Å²) in [4.78, 5) is 23.5. The van der Waals surface area contributed by atoms with Crippen LogP contribution < -0.4 is 25.4 Å². The van der Waals surface area contributed by atoms with E-state index in [1.54, 1.807) is 26.5 Å². The highest BCUT2D eigenvalue weighted by Gasteiger charge is 2.15. The molecule has 0 saturated heterocycles. The summed E-state index contributed by atoms with van der Waals surface area (Å²) in [6, 6.07) is 13.6. The van der Waals surface area contributed by atoms with Gasteiger partial charge in [-0.25, -0.2) is 4.98 Å². The zero-order valence-electron chi connectivity index (χ0n) is 24.1. The Morgan fingerprint density at radius 1 is 1.10 bits per heavy atom. The van der Waals surface area contributed by atoms with E-state index in [-0.39, 0.29) is 11.9 Å². The number of nitrogens with one attached hydrogen (secondary N) is 3. The number of methoxy groups -OCH3 is 2. The number of aromatic nitrogens is 3. The van der Waals surface area contributed by atoms with Gasteiger partial charge in [-0.3, -0.25) is 4.79 Å². The molecule has 0 saturated carbocycles. The Labute approximate surface area is 240 Å². The molecule has 3 N–H and O–H groups in total. The maximum absolute atomic E-state index is 12.2. The van der Waals surface area contributed by atoms with E-state index in [0.29, 0.717) is 54.3 Å². The van der Waals surface area contributed by atoms with Gasteiger partial charge < -0.3 is 39.6 Å². The lowest BCUT2D eigenvalue weighted by atomic mass is 10.2. The van der Waals surface area contributed by atoms with Crippen molar-refractivity contribution in [2.24, 2.45) is 0 Å². The first-order chi connectivity index (χ1) is 19.8. The number of likely N-dealkylation sites (N-methyl/N-ethyl adjacent to an activating group) is 1. The second kappa shape index (κ2) is 13.6. The van der Waals surface area contributed by atoms with E-state index in [2.05, 4.69) is 39.3 Å². The highest BCUT2D eigenvalue weighted by atomic mass is 16.5. The highest BCUT2D eigenvalue weighted by Crippen LogP contribution is 2.36. The molecule has 0 bridgehead atoms. The third-order valence-electron chi connectivity index (χ3n) is 6.61. The summed E-state index contributed by atoms with van der Waals surface area (Å²) < 4.78 is 18.5. The lowest BCUT2D eigenvalue weighted by molar-refractivity contribution is -0.111. The maximum atomic E-state index is 12.2. The first kappa shape index (κ1) is 29.4. The van der Waals surface area contributed by atoms with Gasteiger partial charge in [0.15, 0.2) is 0 Å². The normalized spacial score (nSPS) is 11.8. The van der Waals surface area contributed by atoms with Crippen molar-refractivity contribution in [3.8, 4) is 17.3 Å². The van der Waals surface area contributed by atoms with Crippen LogP contribution in [0.1, 0.15) is 6.92 Å². The highest BCUT2D eigenvalue weighted by molar-refractivity contribution is 6.02. The van der Waals surface area contributed by atoms with Crippen LogP contribution in [0, 0.1) is 0 Å². The Morgan fingerprint density at radius 3 is 2.66 bits per heavy atom. The van der Waals surface area contributed by atoms with Crippen LogP contribution >= 0.6 is 0 Å². The fourth-order valence-electron chi connectivity index (χ4n) is 4.02. The van der Waals surface area contributed by atoms with E-state index in [4.69, 9.17) is 19.2 Å². The molecule has 2 heterocycles. The van der Waals surface area contributed by atoms with Crippen molar-refractivity contribution >= 4 is 39.8 Å².